The van der Waals surface area contributed by atoms with Gasteiger partial charge in [-0.25, -0.2) is 9.37 Å². The van der Waals surface area contributed by atoms with Crippen LogP contribution < -0.4 is 10.6 Å². The number of hydrogen-bond acceptors (Lipinski definition) is 4. The smallest absolute Gasteiger partial charge is 0.258 e. The Hall–Kier alpha value is -3.58. The zero-order chi connectivity index (χ0) is 20.5. The SMILES string of the molecule is O=C(Nc1ccc2c(c1)CNC2)c1cc(F)cc2[nH]c(CCc3cccnc3)nc12. The Kier molecular flexibility index (Phi) is 4.72. The van der Waals surface area contributed by atoms with E-state index in [-0.39, 0.29) is 11.5 Å². The van der Waals surface area contributed by atoms with Crippen LogP contribution in [0.4, 0.5) is 10.1 Å². The second-order valence-electron chi connectivity index (χ2n) is 7.44. The van der Waals surface area contributed by atoms with Crippen molar-refractivity contribution < 1.29 is 9.18 Å². The number of carbonyl (C=O) groups is 1. The number of nitrogens with zero attached hydrogens (tertiary/aromatic N) is 2. The number of rotatable bonds is 5. The first-order chi connectivity index (χ1) is 14.7. The number of aromatic amines is 1. The number of anilines is 1. The van der Waals surface area contributed by atoms with Gasteiger partial charge in [0.15, 0.2) is 0 Å². The Balaban J connectivity index is 1.40. The normalized spacial score (nSPS) is 12.8. The van der Waals surface area contributed by atoms with Crippen molar-refractivity contribution in [2.75, 3.05) is 5.32 Å². The predicted molar refractivity (Wildman–Crippen MR) is 113 cm³/mol. The van der Waals surface area contributed by atoms with Gasteiger partial charge in [0.05, 0.1) is 11.1 Å². The van der Waals surface area contributed by atoms with Gasteiger partial charge in [-0.3, -0.25) is 9.78 Å². The van der Waals surface area contributed by atoms with E-state index < -0.39 is 5.82 Å². The van der Waals surface area contributed by atoms with Gasteiger partial charge in [-0.05, 0) is 53.4 Å². The van der Waals surface area contributed by atoms with E-state index in [2.05, 4.69) is 25.6 Å². The summed E-state index contributed by atoms with van der Waals surface area (Å²) in [4.78, 5) is 24.7. The van der Waals surface area contributed by atoms with Crippen LogP contribution in [0.15, 0.2) is 54.9 Å². The first-order valence-corrected chi connectivity index (χ1v) is 9.86. The molecule has 0 radical (unpaired) electrons. The number of imidazole rings is 1. The van der Waals surface area contributed by atoms with E-state index in [9.17, 15) is 9.18 Å². The van der Waals surface area contributed by atoms with Crippen molar-refractivity contribution in [3.05, 3.63) is 88.8 Å². The Bertz CT molecular complexity index is 1240. The van der Waals surface area contributed by atoms with E-state index in [0.717, 1.165) is 30.6 Å². The molecular formula is C23H20FN5O. The zero-order valence-electron chi connectivity index (χ0n) is 16.2. The lowest BCUT2D eigenvalue weighted by Crippen LogP contribution is -2.13. The number of hydrogen-bond donors (Lipinski definition) is 3. The number of fused-ring (bicyclic) bond motifs is 2. The quantitative estimate of drug-likeness (QED) is 0.476. The van der Waals surface area contributed by atoms with Crippen LogP contribution in [0.5, 0.6) is 0 Å². The van der Waals surface area contributed by atoms with Gasteiger partial charge in [0.2, 0.25) is 0 Å². The fraction of sp³-hybridized carbons (Fsp3) is 0.174. The molecule has 0 saturated carbocycles. The number of aromatic nitrogens is 3. The number of H-pyrrole nitrogens is 1. The highest BCUT2D eigenvalue weighted by Crippen LogP contribution is 2.23. The van der Waals surface area contributed by atoms with E-state index in [1.165, 1.54) is 17.7 Å². The van der Waals surface area contributed by atoms with Crippen LogP contribution in [-0.4, -0.2) is 20.9 Å². The van der Waals surface area contributed by atoms with Crippen LogP contribution in [0.3, 0.4) is 0 Å². The molecule has 0 saturated heterocycles. The summed E-state index contributed by atoms with van der Waals surface area (Å²) in [5, 5.41) is 6.16. The fourth-order valence-electron chi connectivity index (χ4n) is 3.80. The molecule has 1 amide bonds. The van der Waals surface area contributed by atoms with E-state index in [0.29, 0.717) is 29.0 Å². The molecule has 1 aliphatic heterocycles. The minimum Gasteiger partial charge on any atom is -0.342 e. The molecule has 4 aromatic rings. The monoisotopic (exact) mass is 401 g/mol. The van der Waals surface area contributed by atoms with Gasteiger partial charge in [-0.15, -0.1) is 0 Å². The number of nitrogens with one attached hydrogen (secondary N) is 3. The lowest BCUT2D eigenvalue weighted by Gasteiger charge is -2.08. The highest BCUT2D eigenvalue weighted by molar-refractivity contribution is 6.11. The van der Waals surface area contributed by atoms with Crippen molar-refractivity contribution in [1.29, 1.82) is 0 Å². The lowest BCUT2D eigenvalue weighted by atomic mass is 10.1. The molecule has 0 atom stereocenters. The van der Waals surface area contributed by atoms with Crippen molar-refractivity contribution in [2.24, 2.45) is 0 Å². The van der Waals surface area contributed by atoms with Gasteiger partial charge < -0.3 is 15.6 Å². The van der Waals surface area contributed by atoms with Crippen molar-refractivity contribution in [3.8, 4) is 0 Å². The number of carbonyl (C=O) groups excluding carboxylic acids is 1. The van der Waals surface area contributed by atoms with Gasteiger partial charge in [0, 0.05) is 37.6 Å². The third kappa shape index (κ3) is 3.67. The maximum atomic E-state index is 14.2. The molecule has 5 rings (SSSR count). The number of amides is 1. The van der Waals surface area contributed by atoms with Crippen LogP contribution in [0.2, 0.25) is 0 Å². The maximum Gasteiger partial charge on any atom is 0.258 e. The molecule has 1 aliphatic rings. The van der Waals surface area contributed by atoms with Crippen LogP contribution in [0.1, 0.15) is 32.9 Å². The van der Waals surface area contributed by atoms with Gasteiger partial charge in [0.1, 0.15) is 17.2 Å². The predicted octanol–water partition coefficient (Wildman–Crippen LogP) is 3.74. The summed E-state index contributed by atoms with van der Waals surface area (Å²) < 4.78 is 14.2. The first-order valence-electron chi connectivity index (χ1n) is 9.86. The Morgan fingerprint density at radius 3 is 2.87 bits per heavy atom. The van der Waals surface area contributed by atoms with Crippen LogP contribution in [0.25, 0.3) is 11.0 Å². The number of benzene rings is 2. The van der Waals surface area contributed by atoms with Gasteiger partial charge in [-0.2, -0.15) is 0 Å². The minimum absolute atomic E-state index is 0.215. The summed E-state index contributed by atoms with van der Waals surface area (Å²) >= 11 is 0. The fourth-order valence-corrected chi connectivity index (χ4v) is 3.80. The molecule has 150 valence electrons. The van der Waals surface area contributed by atoms with Gasteiger partial charge in [-0.1, -0.05) is 12.1 Å². The molecule has 3 N–H and O–H groups in total. The average Bonchev–Trinajstić information content (AvgIpc) is 3.38. The summed E-state index contributed by atoms with van der Waals surface area (Å²) in [5.41, 5.74) is 5.37. The van der Waals surface area contributed by atoms with Crippen molar-refractivity contribution >= 4 is 22.6 Å². The van der Waals surface area contributed by atoms with Crippen molar-refractivity contribution in [1.82, 2.24) is 20.3 Å². The van der Waals surface area contributed by atoms with E-state index in [1.807, 2.05) is 36.5 Å². The van der Waals surface area contributed by atoms with E-state index in [1.54, 1.807) is 6.20 Å². The van der Waals surface area contributed by atoms with E-state index >= 15 is 0 Å². The third-order valence-corrected chi connectivity index (χ3v) is 5.31. The van der Waals surface area contributed by atoms with Gasteiger partial charge in [0.25, 0.3) is 5.91 Å². The molecule has 0 aliphatic carbocycles. The average molecular weight is 401 g/mol. The first kappa shape index (κ1) is 18.4. The Morgan fingerprint density at radius 2 is 2.00 bits per heavy atom. The van der Waals surface area contributed by atoms with Crippen LogP contribution in [0, 0.1) is 5.82 Å². The minimum atomic E-state index is -0.478. The third-order valence-electron chi connectivity index (χ3n) is 5.31. The summed E-state index contributed by atoms with van der Waals surface area (Å²) in [6.45, 7) is 1.62. The molecule has 30 heavy (non-hydrogen) atoms. The van der Waals surface area contributed by atoms with Crippen molar-refractivity contribution in [2.45, 2.75) is 25.9 Å². The van der Waals surface area contributed by atoms with E-state index in [4.69, 9.17) is 0 Å². The number of pyridine rings is 1. The summed E-state index contributed by atoms with van der Waals surface area (Å²) in [6.07, 6.45) is 4.94. The summed E-state index contributed by atoms with van der Waals surface area (Å²) in [5.74, 6) is -0.152. The summed E-state index contributed by atoms with van der Waals surface area (Å²) in [7, 11) is 0. The van der Waals surface area contributed by atoms with Crippen LogP contribution >= 0.6 is 0 Å². The number of halogens is 1. The number of aryl methyl sites for hydroxylation is 2. The standard InChI is InChI=1S/C23H20FN5O/c24-17-9-19(23(30)27-18-5-4-15-12-26-13-16(15)8-18)22-20(10-17)28-21(29-22)6-3-14-2-1-7-25-11-14/h1-2,4-5,7-11,26H,3,6,12-13H2,(H,27,30)(H,28,29). The molecule has 7 heteroatoms. The zero-order valence-corrected chi connectivity index (χ0v) is 16.2. The lowest BCUT2D eigenvalue weighted by molar-refractivity contribution is 0.102. The van der Waals surface area contributed by atoms with Crippen molar-refractivity contribution in [3.63, 3.8) is 0 Å². The molecule has 0 spiro atoms. The highest BCUT2D eigenvalue weighted by atomic mass is 19.1. The second-order valence-corrected chi connectivity index (χ2v) is 7.44. The second kappa shape index (κ2) is 7.68. The maximum absolute atomic E-state index is 14.2. The molecular weight excluding hydrogens is 381 g/mol. The summed E-state index contributed by atoms with van der Waals surface area (Å²) in [6, 6.07) is 12.3. The van der Waals surface area contributed by atoms with Crippen LogP contribution in [-0.2, 0) is 25.9 Å². The molecule has 2 aromatic carbocycles. The Morgan fingerprint density at radius 1 is 1.10 bits per heavy atom. The molecule has 0 fully saturated rings. The molecule has 2 aromatic heterocycles. The highest BCUT2D eigenvalue weighted by Gasteiger charge is 2.17. The Labute approximate surface area is 172 Å². The topological polar surface area (TPSA) is 82.7 Å². The molecule has 0 bridgehead atoms. The molecule has 6 nitrogen and oxygen atoms in total. The molecule has 0 unspecified atom stereocenters. The van der Waals surface area contributed by atoms with Gasteiger partial charge >= 0.3 is 0 Å². The molecule has 3 heterocycles. The largest absolute Gasteiger partial charge is 0.342 e.